The Kier molecular flexibility index (Phi) is 5.68. The Morgan fingerprint density at radius 1 is 1.04 bits per heavy atom. The zero-order valence-corrected chi connectivity index (χ0v) is 13.4. The van der Waals surface area contributed by atoms with Gasteiger partial charge >= 0.3 is 11.9 Å². The van der Waals surface area contributed by atoms with Gasteiger partial charge in [0.25, 0.3) is 0 Å². The van der Waals surface area contributed by atoms with Crippen LogP contribution in [-0.2, 0) is 21.0 Å². The van der Waals surface area contributed by atoms with Crippen LogP contribution in [0, 0.1) is 6.92 Å². The Morgan fingerprint density at radius 3 is 2.29 bits per heavy atom. The molecule has 6 nitrogen and oxygen atoms in total. The van der Waals surface area contributed by atoms with Crippen LogP contribution in [0.3, 0.4) is 0 Å². The van der Waals surface area contributed by atoms with Crippen molar-refractivity contribution in [3.8, 4) is 0 Å². The highest BCUT2D eigenvalue weighted by Crippen LogP contribution is 2.15. The molecule has 0 saturated carbocycles. The van der Waals surface area contributed by atoms with Crippen molar-refractivity contribution in [3.05, 3.63) is 70.8 Å². The lowest BCUT2D eigenvalue weighted by atomic mass is 10.0. The molecule has 2 rings (SSSR count). The van der Waals surface area contributed by atoms with Crippen LogP contribution in [-0.4, -0.2) is 29.9 Å². The van der Waals surface area contributed by atoms with Crippen molar-refractivity contribution in [1.29, 1.82) is 0 Å². The van der Waals surface area contributed by atoms with E-state index in [-0.39, 0.29) is 12.3 Å². The van der Waals surface area contributed by atoms with Gasteiger partial charge in [-0.2, -0.15) is 0 Å². The Bertz CT molecular complexity index is 782. The molecule has 0 spiro atoms. The summed E-state index contributed by atoms with van der Waals surface area (Å²) in [5.41, 5.74) is 1.89. The number of hydrogen-bond acceptors (Lipinski definition) is 5. The van der Waals surface area contributed by atoms with Gasteiger partial charge in [0.15, 0.2) is 5.71 Å². The van der Waals surface area contributed by atoms with E-state index in [9.17, 15) is 14.7 Å². The van der Waals surface area contributed by atoms with E-state index in [4.69, 9.17) is 4.74 Å². The second-order valence-electron chi connectivity index (χ2n) is 4.98. The Hall–Kier alpha value is -3.15. The molecule has 0 fully saturated rings. The first-order chi connectivity index (χ1) is 11.5. The van der Waals surface area contributed by atoms with Crippen molar-refractivity contribution < 1.29 is 24.3 Å². The van der Waals surface area contributed by atoms with Crippen molar-refractivity contribution >= 4 is 17.7 Å². The van der Waals surface area contributed by atoms with Gasteiger partial charge in [-0.15, -0.1) is 0 Å². The van der Waals surface area contributed by atoms with Crippen molar-refractivity contribution in [2.75, 3.05) is 7.11 Å². The lowest BCUT2D eigenvalue weighted by molar-refractivity contribution is -0.129. The van der Waals surface area contributed by atoms with Gasteiger partial charge < -0.3 is 14.7 Å². The summed E-state index contributed by atoms with van der Waals surface area (Å²) in [5, 5.41) is 12.8. The zero-order valence-electron chi connectivity index (χ0n) is 13.4. The van der Waals surface area contributed by atoms with Gasteiger partial charge in [0.05, 0.1) is 5.56 Å². The maximum absolute atomic E-state index is 12.2. The molecule has 0 unspecified atom stereocenters. The average Bonchev–Trinajstić information content (AvgIpc) is 2.58. The Morgan fingerprint density at radius 2 is 1.67 bits per heavy atom. The lowest BCUT2D eigenvalue weighted by Crippen LogP contribution is -2.18. The maximum Gasteiger partial charge on any atom is 0.358 e. The summed E-state index contributed by atoms with van der Waals surface area (Å²) in [6, 6.07) is 13.8. The number of oxime groups is 1. The first-order valence-corrected chi connectivity index (χ1v) is 7.20. The maximum atomic E-state index is 12.2. The summed E-state index contributed by atoms with van der Waals surface area (Å²) in [4.78, 5) is 28.1. The summed E-state index contributed by atoms with van der Waals surface area (Å²) in [5.74, 6) is -1.70. The van der Waals surface area contributed by atoms with E-state index in [0.717, 1.165) is 5.56 Å². The van der Waals surface area contributed by atoms with Gasteiger partial charge in [0.2, 0.25) is 0 Å². The van der Waals surface area contributed by atoms with Gasteiger partial charge in [-0.1, -0.05) is 47.6 Å². The van der Waals surface area contributed by atoms with E-state index in [1.54, 1.807) is 36.4 Å². The predicted octanol–water partition coefficient (Wildman–Crippen LogP) is 2.79. The second-order valence-corrected chi connectivity index (χ2v) is 4.98. The number of carbonyl (C=O) groups excluding carboxylic acids is 1. The summed E-state index contributed by atoms with van der Waals surface area (Å²) >= 11 is 0. The highest BCUT2D eigenvalue weighted by molar-refractivity contribution is 6.42. The number of esters is 1. The number of carboxylic acid groups (broad SMARTS) is 1. The number of benzene rings is 2. The van der Waals surface area contributed by atoms with Crippen molar-refractivity contribution in [3.63, 3.8) is 0 Å². The van der Waals surface area contributed by atoms with E-state index in [1.807, 2.05) is 19.1 Å². The number of carboxylic acids is 1. The van der Waals surface area contributed by atoms with Crippen LogP contribution in [0.5, 0.6) is 0 Å². The molecule has 2 aromatic rings. The van der Waals surface area contributed by atoms with E-state index >= 15 is 0 Å². The molecule has 0 aliphatic carbocycles. The van der Waals surface area contributed by atoms with E-state index in [2.05, 4.69) is 9.99 Å². The molecule has 0 amide bonds. The lowest BCUT2D eigenvalue weighted by Gasteiger charge is -2.11. The molecule has 0 atom stereocenters. The number of aryl methyl sites for hydroxylation is 1. The molecular weight excluding hydrogens is 310 g/mol. The van der Waals surface area contributed by atoms with Gasteiger partial charge in [-0.05, 0) is 24.1 Å². The molecule has 0 heterocycles. The van der Waals surface area contributed by atoms with Crippen LogP contribution < -0.4 is 0 Å². The van der Waals surface area contributed by atoms with E-state index < -0.39 is 11.9 Å². The summed E-state index contributed by atoms with van der Waals surface area (Å²) in [6.07, 6.45) is 0. The molecule has 0 aliphatic heterocycles. The molecule has 0 bridgehead atoms. The van der Waals surface area contributed by atoms with Gasteiger partial charge in [0.1, 0.15) is 13.7 Å². The zero-order chi connectivity index (χ0) is 17.5. The third-order valence-corrected chi connectivity index (χ3v) is 3.38. The SMILES string of the molecule is CO/N=C(/C(=O)O)c1ccccc1COC(=O)c1ccccc1C. The molecule has 6 heteroatoms. The summed E-state index contributed by atoms with van der Waals surface area (Å²) in [7, 11) is 1.27. The first kappa shape index (κ1) is 17.2. The minimum absolute atomic E-state index is 0.0701. The van der Waals surface area contributed by atoms with Crippen LogP contribution in [0.1, 0.15) is 27.0 Å². The van der Waals surface area contributed by atoms with Crippen molar-refractivity contribution in [2.24, 2.45) is 5.16 Å². The molecule has 24 heavy (non-hydrogen) atoms. The Labute approximate surface area is 139 Å². The summed E-state index contributed by atoms with van der Waals surface area (Å²) in [6.45, 7) is 1.75. The largest absolute Gasteiger partial charge is 0.476 e. The fraction of sp³-hybridized carbons (Fsp3) is 0.167. The number of hydrogen-bond donors (Lipinski definition) is 1. The highest BCUT2D eigenvalue weighted by Gasteiger charge is 2.18. The average molecular weight is 327 g/mol. The number of ether oxygens (including phenoxy) is 1. The molecule has 124 valence electrons. The molecule has 1 N–H and O–H groups in total. The van der Waals surface area contributed by atoms with Crippen LogP contribution >= 0.6 is 0 Å². The third kappa shape index (κ3) is 3.98. The van der Waals surface area contributed by atoms with Gasteiger partial charge in [0, 0.05) is 5.56 Å². The van der Waals surface area contributed by atoms with Crippen molar-refractivity contribution in [2.45, 2.75) is 13.5 Å². The van der Waals surface area contributed by atoms with Crippen LogP contribution in [0.2, 0.25) is 0 Å². The quantitative estimate of drug-likeness (QED) is 0.501. The topological polar surface area (TPSA) is 85.2 Å². The molecule has 0 radical (unpaired) electrons. The minimum atomic E-state index is -1.23. The molecule has 2 aromatic carbocycles. The highest BCUT2D eigenvalue weighted by atomic mass is 16.6. The minimum Gasteiger partial charge on any atom is -0.476 e. The van der Waals surface area contributed by atoms with Gasteiger partial charge in [-0.3, -0.25) is 0 Å². The van der Waals surface area contributed by atoms with Crippen molar-refractivity contribution in [1.82, 2.24) is 0 Å². The number of rotatable bonds is 6. The Balaban J connectivity index is 2.22. The normalized spacial score (nSPS) is 11.0. The third-order valence-electron chi connectivity index (χ3n) is 3.38. The predicted molar refractivity (Wildman–Crippen MR) is 87.9 cm³/mol. The molecule has 0 saturated heterocycles. The van der Waals surface area contributed by atoms with E-state index in [0.29, 0.717) is 16.7 Å². The monoisotopic (exact) mass is 327 g/mol. The van der Waals surface area contributed by atoms with Crippen LogP contribution in [0.4, 0.5) is 0 Å². The van der Waals surface area contributed by atoms with E-state index in [1.165, 1.54) is 7.11 Å². The van der Waals surface area contributed by atoms with Crippen LogP contribution in [0.15, 0.2) is 53.7 Å². The fourth-order valence-corrected chi connectivity index (χ4v) is 2.19. The number of aliphatic carboxylic acids is 1. The van der Waals surface area contributed by atoms with Gasteiger partial charge in [-0.25, -0.2) is 9.59 Å². The number of carbonyl (C=O) groups is 2. The number of nitrogens with zero attached hydrogens (tertiary/aromatic N) is 1. The fourth-order valence-electron chi connectivity index (χ4n) is 2.19. The smallest absolute Gasteiger partial charge is 0.358 e. The molecule has 0 aromatic heterocycles. The first-order valence-electron chi connectivity index (χ1n) is 7.20. The summed E-state index contributed by atoms with van der Waals surface area (Å²) < 4.78 is 5.32. The standard InChI is InChI=1S/C18H17NO5/c1-12-7-3-5-9-14(12)18(22)24-11-13-8-4-6-10-15(13)16(17(20)21)19-23-2/h3-10H,11H2,1-2H3,(H,20,21)/b19-16+. The van der Waals surface area contributed by atoms with Crippen LogP contribution in [0.25, 0.3) is 0 Å². The second kappa shape index (κ2) is 7.92. The molecule has 0 aliphatic rings. The molecular formula is C18H17NO5.